The van der Waals surface area contributed by atoms with E-state index in [-0.39, 0.29) is 18.4 Å². The maximum atomic E-state index is 13.2. The molecule has 3 rings (SSSR count). The van der Waals surface area contributed by atoms with Crippen LogP contribution in [0.2, 0.25) is 0 Å². The number of hydrogen-bond acceptors (Lipinski definition) is 3. The van der Waals surface area contributed by atoms with E-state index in [1.54, 1.807) is 11.4 Å². The van der Waals surface area contributed by atoms with Crippen LogP contribution in [0.15, 0.2) is 29.2 Å². The van der Waals surface area contributed by atoms with Crippen LogP contribution in [0, 0.1) is 6.92 Å². The number of sulfonamides is 1. The minimum absolute atomic E-state index is 0. The van der Waals surface area contributed by atoms with Gasteiger partial charge in [0.2, 0.25) is 10.0 Å². The van der Waals surface area contributed by atoms with E-state index in [2.05, 4.69) is 5.32 Å². The number of para-hydroxylation sites is 1. The molecular formula is C16H24ClN3O2S. The first kappa shape index (κ1) is 18.3. The first-order chi connectivity index (χ1) is 10.4. The molecule has 1 aromatic heterocycles. The number of halogens is 1. The molecule has 1 saturated heterocycles. The highest BCUT2D eigenvalue weighted by molar-refractivity contribution is 7.89. The molecule has 0 unspecified atom stereocenters. The zero-order valence-electron chi connectivity index (χ0n) is 13.7. The van der Waals surface area contributed by atoms with E-state index in [0.717, 1.165) is 42.5 Å². The zero-order valence-corrected chi connectivity index (χ0v) is 15.4. The highest BCUT2D eigenvalue weighted by Crippen LogP contribution is 2.32. The smallest absolute Gasteiger partial charge is 0.245 e. The van der Waals surface area contributed by atoms with Gasteiger partial charge in [0, 0.05) is 36.7 Å². The van der Waals surface area contributed by atoms with E-state index in [1.165, 1.54) is 0 Å². The number of hydrogen-bond donors (Lipinski definition) is 1. The summed E-state index contributed by atoms with van der Waals surface area (Å²) in [6.07, 6.45) is 1.72. The van der Waals surface area contributed by atoms with Crippen molar-refractivity contribution in [3.8, 4) is 0 Å². The van der Waals surface area contributed by atoms with Gasteiger partial charge in [-0.2, -0.15) is 4.31 Å². The predicted molar refractivity (Wildman–Crippen MR) is 95.7 cm³/mol. The van der Waals surface area contributed by atoms with Crippen LogP contribution in [0.25, 0.3) is 10.9 Å². The van der Waals surface area contributed by atoms with Crippen molar-refractivity contribution >= 4 is 33.3 Å². The van der Waals surface area contributed by atoms with E-state index in [4.69, 9.17) is 0 Å². The SMILES string of the molecule is Cc1c(S(=O)(=O)N(C)C2CCNCC2)c2ccccc2n1C.Cl. The minimum atomic E-state index is -3.49. The maximum Gasteiger partial charge on any atom is 0.245 e. The third-order valence-electron chi connectivity index (χ3n) is 4.80. The van der Waals surface area contributed by atoms with Crippen LogP contribution in [0.1, 0.15) is 18.5 Å². The minimum Gasteiger partial charge on any atom is -0.347 e. The Kier molecular flexibility index (Phi) is 5.41. The quantitative estimate of drug-likeness (QED) is 0.916. The van der Waals surface area contributed by atoms with E-state index < -0.39 is 10.0 Å². The van der Waals surface area contributed by atoms with Crippen LogP contribution in [0.3, 0.4) is 0 Å². The third kappa shape index (κ3) is 3.01. The van der Waals surface area contributed by atoms with Crippen molar-refractivity contribution < 1.29 is 8.42 Å². The number of benzene rings is 1. The summed E-state index contributed by atoms with van der Waals surface area (Å²) in [4.78, 5) is 0.451. The Labute approximate surface area is 144 Å². The van der Waals surface area contributed by atoms with Gasteiger partial charge in [0.15, 0.2) is 0 Å². The second kappa shape index (κ2) is 6.81. The summed E-state index contributed by atoms with van der Waals surface area (Å²) in [6, 6.07) is 7.77. The zero-order chi connectivity index (χ0) is 15.9. The first-order valence-electron chi connectivity index (χ1n) is 7.67. The van der Waals surface area contributed by atoms with Gasteiger partial charge in [0.1, 0.15) is 4.90 Å². The van der Waals surface area contributed by atoms with Gasteiger partial charge < -0.3 is 9.88 Å². The van der Waals surface area contributed by atoms with Crippen molar-refractivity contribution in [3.05, 3.63) is 30.0 Å². The van der Waals surface area contributed by atoms with Crippen LogP contribution in [0.5, 0.6) is 0 Å². The summed E-state index contributed by atoms with van der Waals surface area (Å²) in [6.45, 7) is 3.63. The van der Waals surface area contributed by atoms with Crippen molar-refractivity contribution in [2.24, 2.45) is 7.05 Å². The molecule has 7 heteroatoms. The number of nitrogens with one attached hydrogen (secondary N) is 1. The van der Waals surface area contributed by atoms with Crippen molar-refractivity contribution in [3.63, 3.8) is 0 Å². The van der Waals surface area contributed by atoms with Gasteiger partial charge in [0.25, 0.3) is 0 Å². The van der Waals surface area contributed by atoms with Crippen LogP contribution in [-0.4, -0.2) is 43.5 Å². The number of aryl methyl sites for hydroxylation is 1. The Bertz CT molecular complexity index is 795. The Balaban J connectivity index is 0.00000192. The number of aromatic nitrogens is 1. The lowest BCUT2D eigenvalue weighted by molar-refractivity contribution is 0.296. The van der Waals surface area contributed by atoms with E-state index in [9.17, 15) is 8.42 Å². The fourth-order valence-electron chi connectivity index (χ4n) is 3.32. The molecule has 1 aliphatic heterocycles. The molecule has 128 valence electrons. The maximum absolute atomic E-state index is 13.2. The lowest BCUT2D eigenvalue weighted by atomic mass is 10.1. The lowest BCUT2D eigenvalue weighted by Gasteiger charge is -2.31. The van der Waals surface area contributed by atoms with Gasteiger partial charge in [-0.15, -0.1) is 12.4 Å². The fourth-order valence-corrected chi connectivity index (χ4v) is 5.17. The number of rotatable bonds is 3. The van der Waals surface area contributed by atoms with Crippen LogP contribution < -0.4 is 5.32 Å². The monoisotopic (exact) mass is 357 g/mol. The average molecular weight is 358 g/mol. The van der Waals surface area contributed by atoms with E-state index >= 15 is 0 Å². The van der Waals surface area contributed by atoms with Gasteiger partial charge >= 0.3 is 0 Å². The molecule has 1 N–H and O–H groups in total. The summed E-state index contributed by atoms with van der Waals surface area (Å²) in [5.41, 5.74) is 1.75. The van der Waals surface area contributed by atoms with Crippen molar-refractivity contribution in [2.75, 3.05) is 20.1 Å². The van der Waals surface area contributed by atoms with Crippen molar-refractivity contribution in [1.82, 2.24) is 14.2 Å². The molecule has 5 nitrogen and oxygen atoms in total. The first-order valence-corrected chi connectivity index (χ1v) is 9.11. The van der Waals surface area contributed by atoms with Gasteiger partial charge in [-0.05, 0) is 38.9 Å². The Morgan fingerprint density at radius 2 is 1.83 bits per heavy atom. The molecule has 2 heterocycles. The molecule has 1 fully saturated rings. The molecule has 0 amide bonds. The van der Waals surface area contributed by atoms with Crippen LogP contribution in [-0.2, 0) is 17.1 Å². The van der Waals surface area contributed by atoms with Gasteiger partial charge in [-0.3, -0.25) is 0 Å². The summed E-state index contributed by atoms with van der Waals surface area (Å²) in [5, 5.41) is 4.09. The number of piperidine rings is 1. The van der Waals surface area contributed by atoms with E-state index in [1.807, 2.05) is 42.8 Å². The predicted octanol–water partition coefficient (Wildman–Crippen LogP) is 2.28. The molecule has 1 aliphatic rings. The molecule has 0 spiro atoms. The molecule has 0 radical (unpaired) electrons. The number of nitrogens with zero attached hydrogens (tertiary/aromatic N) is 2. The van der Waals surface area contributed by atoms with Gasteiger partial charge in [-0.1, -0.05) is 18.2 Å². The second-order valence-electron chi connectivity index (χ2n) is 5.99. The molecule has 0 aliphatic carbocycles. The summed E-state index contributed by atoms with van der Waals surface area (Å²) >= 11 is 0. The third-order valence-corrected chi connectivity index (χ3v) is 6.89. The van der Waals surface area contributed by atoms with Crippen LogP contribution in [0.4, 0.5) is 0 Å². The fraction of sp³-hybridized carbons (Fsp3) is 0.500. The normalized spacial score (nSPS) is 16.7. The highest BCUT2D eigenvalue weighted by Gasteiger charge is 2.32. The summed E-state index contributed by atoms with van der Waals surface area (Å²) < 4.78 is 29.9. The van der Waals surface area contributed by atoms with Crippen LogP contribution >= 0.6 is 12.4 Å². The van der Waals surface area contributed by atoms with Gasteiger partial charge in [0.05, 0.1) is 0 Å². The topological polar surface area (TPSA) is 54.3 Å². The molecule has 0 atom stereocenters. The molecule has 1 aromatic carbocycles. The Morgan fingerprint density at radius 1 is 1.22 bits per heavy atom. The summed E-state index contributed by atoms with van der Waals surface area (Å²) in [7, 11) is 0.142. The molecule has 23 heavy (non-hydrogen) atoms. The molecule has 0 saturated carbocycles. The Hall–Kier alpha value is -1.08. The largest absolute Gasteiger partial charge is 0.347 e. The Morgan fingerprint density at radius 3 is 2.48 bits per heavy atom. The number of fused-ring (bicyclic) bond motifs is 1. The second-order valence-corrected chi connectivity index (χ2v) is 7.93. The standard InChI is InChI=1S/C16H23N3O2S.ClH/c1-12-16(14-6-4-5-7-15(14)18(12)2)22(20,21)19(3)13-8-10-17-11-9-13;/h4-7,13,17H,8-11H2,1-3H3;1H. The molecule has 0 bridgehead atoms. The average Bonchev–Trinajstić information content (AvgIpc) is 2.80. The van der Waals surface area contributed by atoms with Gasteiger partial charge in [-0.25, -0.2) is 8.42 Å². The van der Waals surface area contributed by atoms with Crippen molar-refractivity contribution in [1.29, 1.82) is 0 Å². The van der Waals surface area contributed by atoms with Crippen molar-refractivity contribution in [2.45, 2.75) is 30.7 Å². The lowest BCUT2D eigenvalue weighted by Crippen LogP contribution is -2.44. The van der Waals surface area contributed by atoms with E-state index in [0.29, 0.717) is 4.90 Å². The highest BCUT2D eigenvalue weighted by atomic mass is 35.5. The molecular weight excluding hydrogens is 334 g/mol. The summed E-state index contributed by atoms with van der Waals surface area (Å²) in [5.74, 6) is 0. The molecule has 2 aromatic rings.